The van der Waals surface area contributed by atoms with E-state index in [2.05, 4.69) is 14.8 Å². The summed E-state index contributed by atoms with van der Waals surface area (Å²) in [6.45, 7) is 4.06. The minimum absolute atomic E-state index is 0.755. The van der Waals surface area contributed by atoms with Crippen molar-refractivity contribution in [2.45, 2.75) is 13.8 Å². The van der Waals surface area contributed by atoms with E-state index in [1.54, 1.807) is 4.68 Å². The van der Waals surface area contributed by atoms with Crippen LogP contribution in [0.3, 0.4) is 0 Å². The van der Waals surface area contributed by atoms with Crippen LogP contribution in [0.4, 0.5) is 0 Å². The summed E-state index contributed by atoms with van der Waals surface area (Å²) in [6.07, 6.45) is 1.37. The quantitative estimate of drug-likeness (QED) is 0.473. The molecule has 2 aromatic heterocycles. The predicted octanol–water partition coefficient (Wildman–Crippen LogP) is 1.64. The minimum Gasteiger partial charge on any atom is -0.411 e. The van der Waals surface area contributed by atoms with Crippen LogP contribution in [0.2, 0.25) is 0 Å². The summed E-state index contributed by atoms with van der Waals surface area (Å²) in [7, 11) is 1.81. The first-order chi connectivity index (χ1) is 7.63. The van der Waals surface area contributed by atoms with Crippen LogP contribution < -0.4 is 0 Å². The molecule has 0 aliphatic heterocycles. The van der Waals surface area contributed by atoms with Gasteiger partial charge in [-0.2, -0.15) is 5.10 Å². The molecular formula is C11H14N4O. The standard InChI is InChI=1S/C11H14N4O/c1-8-4-5-9(2)15(8)11-6-10(7-12-16)14(3)13-11/h4-7,16H,1-3H3/b12-7-. The highest BCUT2D eigenvalue weighted by Crippen LogP contribution is 2.15. The molecule has 84 valence electrons. The van der Waals surface area contributed by atoms with E-state index in [1.165, 1.54) is 6.21 Å². The van der Waals surface area contributed by atoms with E-state index in [0.29, 0.717) is 0 Å². The Morgan fingerprint density at radius 3 is 2.50 bits per heavy atom. The Morgan fingerprint density at radius 2 is 1.94 bits per heavy atom. The smallest absolute Gasteiger partial charge is 0.159 e. The second kappa shape index (κ2) is 3.84. The van der Waals surface area contributed by atoms with Gasteiger partial charge in [0.25, 0.3) is 0 Å². The number of hydrogen-bond donors (Lipinski definition) is 1. The van der Waals surface area contributed by atoms with E-state index < -0.39 is 0 Å². The van der Waals surface area contributed by atoms with Crippen molar-refractivity contribution in [2.75, 3.05) is 0 Å². The van der Waals surface area contributed by atoms with Gasteiger partial charge in [-0.05, 0) is 26.0 Å². The van der Waals surface area contributed by atoms with Crippen molar-refractivity contribution in [2.24, 2.45) is 12.2 Å². The van der Waals surface area contributed by atoms with Gasteiger partial charge in [-0.25, -0.2) is 0 Å². The molecule has 2 rings (SSSR count). The lowest BCUT2D eigenvalue weighted by molar-refractivity contribution is 0.321. The van der Waals surface area contributed by atoms with Gasteiger partial charge in [0.05, 0.1) is 11.9 Å². The molecule has 1 N–H and O–H groups in total. The third kappa shape index (κ3) is 1.60. The summed E-state index contributed by atoms with van der Waals surface area (Å²) in [5.74, 6) is 0.831. The van der Waals surface area contributed by atoms with E-state index >= 15 is 0 Å². The molecule has 16 heavy (non-hydrogen) atoms. The molecule has 0 aliphatic rings. The summed E-state index contributed by atoms with van der Waals surface area (Å²) in [5.41, 5.74) is 3.01. The van der Waals surface area contributed by atoms with E-state index in [-0.39, 0.29) is 0 Å². The van der Waals surface area contributed by atoms with Crippen molar-refractivity contribution in [3.05, 3.63) is 35.3 Å². The van der Waals surface area contributed by atoms with Crippen LogP contribution in [0.25, 0.3) is 5.82 Å². The van der Waals surface area contributed by atoms with Crippen molar-refractivity contribution in [3.63, 3.8) is 0 Å². The number of oxime groups is 1. The van der Waals surface area contributed by atoms with Gasteiger partial charge in [0.15, 0.2) is 5.82 Å². The third-order valence-corrected chi connectivity index (χ3v) is 2.59. The lowest BCUT2D eigenvalue weighted by Gasteiger charge is -2.03. The van der Waals surface area contributed by atoms with Gasteiger partial charge < -0.3 is 9.77 Å². The zero-order chi connectivity index (χ0) is 11.7. The highest BCUT2D eigenvalue weighted by molar-refractivity contribution is 5.77. The van der Waals surface area contributed by atoms with Gasteiger partial charge in [-0.1, -0.05) is 5.16 Å². The average Bonchev–Trinajstić information content (AvgIpc) is 2.73. The molecule has 5 heteroatoms. The van der Waals surface area contributed by atoms with E-state index in [1.807, 2.05) is 39.1 Å². The zero-order valence-electron chi connectivity index (χ0n) is 9.55. The normalized spacial score (nSPS) is 11.4. The van der Waals surface area contributed by atoms with E-state index in [9.17, 15) is 0 Å². The van der Waals surface area contributed by atoms with Crippen LogP contribution in [0.5, 0.6) is 0 Å². The van der Waals surface area contributed by atoms with Crippen LogP contribution >= 0.6 is 0 Å². The van der Waals surface area contributed by atoms with Crippen molar-refractivity contribution < 1.29 is 5.21 Å². The molecule has 0 amide bonds. The van der Waals surface area contributed by atoms with Crippen molar-refractivity contribution in [1.29, 1.82) is 0 Å². The zero-order valence-corrected chi connectivity index (χ0v) is 9.55. The molecule has 0 saturated heterocycles. The summed E-state index contributed by atoms with van der Waals surface area (Å²) in [4.78, 5) is 0. The van der Waals surface area contributed by atoms with Gasteiger partial charge in [-0.3, -0.25) is 4.68 Å². The van der Waals surface area contributed by atoms with Crippen LogP contribution in [-0.4, -0.2) is 25.8 Å². The lowest BCUT2D eigenvalue weighted by atomic mass is 10.4. The van der Waals surface area contributed by atoms with Gasteiger partial charge in [0.1, 0.15) is 0 Å². The molecule has 0 bridgehead atoms. The molecule has 0 aliphatic carbocycles. The predicted molar refractivity (Wildman–Crippen MR) is 61.4 cm³/mol. The maximum Gasteiger partial charge on any atom is 0.159 e. The Hall–Kier alpha value is -2.04. The molecule has 0 atom stereocenters. The molecule has 0 fully saturated rings. The van der Waals surface area contributed by atoms with Gasteiger partial charge in [-0.15, -0.1) is 0 Å². The molecule has 0 spiro atoms. The van der Waals surface area contributed by atoms with Crippen molar-refractivity contribution in [1.82, 2.24) is 14.3 Å². The first-order valence-corrected chi connectivity index (χ1v) is 5.00. The summed E-state index contributed by atoms with van der Waals surface area (Å²) >= 11 is 0. The molecule has 0 unspecified atom stereocenters. The maximum absolute atomic E-state index is 8.51. The number of aromatic nitrogens is 3. The second-order valence-electron chi connectivity index (χ2n) is 3.75. The highest BCUT2D eigenvalue weighted by atomic mass is 16.4. The molecule has 0 aromatic carbocycles. The third-order valence-electron chi connectivity index (χ3n) is 2.59. The molecule has 5 nitrogen and oxygen atoms in total. The largest absolute Gasteiger partial charge is 0.411 e. The van der Waals surface area contributed by atoms with Crippen molar-refractivity contribution >= 4 is 6.21 Å². The summed E-state index contributed by atoms with van der Waals surface area (Å²) in [5, 5.41) is 15.9. The maximum atomic E-state index is 8.51. The van der Waals surface area contributed by atoms with E-state index in [0.717, 1.165) is 22.9 Å². The van der Waals surface area contributed by atoms with Gasteiger partial charge in [0, 0.05) is 24.5 Å². The molecule has 2 aromatic rings. The monoisotopic (exact) mass is 218 g/mol. The molecule has 0 radical (unpaired) electrons. The summed E-state index contributed by atoms with van der Waals surface area (Å²) < 4.78 is 3.72. The number of aryl methyl sites for hydroxylation is 3. The first-order valence-electron chi connectivity index (χ1n) is 5.00. The van der Waals surface area contributed by atoms with Crippen molar-refractivity contribution in [3.8, 4) is 5.82 Å². The van der Waals surface area contributed by atoms with Crippen LogP contribution in [-0.2, 0) is 7.05 Å². The number of rotatable bonds is 2. The molecular weight excluding hydrogens is 204 g/mol. The van der Waals surface area contributed by atoms with Crippen LogP contribution in [0.1, 0.15) is 17.1 Å². The Labute approximate surface area is 93.6 Å². The van der Waals surface area contributed by atoms with Crippen LogP contribution in [0.15, 0.2) is 23.4 Å². The molecule has 0 saturated carbocycles. The fourth-order valence-corrected chi connectivity index (χ4v) is 1.79. The van der Waals surface area contributed by atoms with E-state index in [4.69, 9.17) is 5.21 Å². The highest BCUT2D eigenvalue weighted by Gasteiger charge is 2.09. The minimum atomic E-state index is 0.755. The first kappa shape index (κ1) is 10.5. The molecule has 2 heterocycles. The number of hydrogen-bond acceptors (Lipinski definition) is 3. The van der Waals surface area contributed by atoms with Gasteiger partial charge >= 0.3 is 0 Å². The number of nitrogens with zero attached hydrogens (tertiary/aromatic N) is 4. The Kier molecular flexibility index (Phi) is 2.52. The van der Waals surface area contributed by atoms with Gasteiger partial charge in [0.2, 0.25) is 0 Å². The summed E-state index contributed by atoms with van der Waals surface area (Å²) in [6, 6.07) is 5.97. The Morgan fingerprint density at radius 1 is 1.31 bits per heavy atom. The topological polar surface area (TPSA) is 55.3 Å². The average molecular weight is 218 g/mol. The SMILES string of the molecule is Cc1ccc(C)n1-c1cc(/C=N\O)n(C)n1. The fraction of sp³-hybridized carbons (Fsp3) is 0.273. The van der Waals surface area contributed by atoms with Crippen LogP contribution in [0, 0.1) is 13.8 Å². The lowest BCUT2D eigenvalue weighted by Crippen LogP contribution is -2.01. The fourth-order valence-electron chi connectivity index (χ4n) is 1.79. The Bertz CT molecular complexity index is 517. The second-order valence-corrected chi connectivity index (χ2v) is 3.75. The Balaban J connectivity index is 2.53.